The first-order valence-corrected chi connectivity index (χ1v) is 10.1. The number of hydrogen-bond acceptors (Lipinski definition) is 4. The number of benzene rings is 1. The van der Waals surface area contributed by atoms with Crippen molar-refractivity contribution in [3.63, 3.8) is 0 Å². The topological polar surface area (TPSA) is 27.7 Å². The van der Waals surface area contributed by atoms with E-state index in [2.05, 4.69) is 21.2 Å². The van der Waals surface area contributed by atoms with E-state index in [1.807, 2.05) is 18.2 Å². The Bertz CT molecular complexity index is 702. The van der Waals surface area contributed by atoms with Gasteiger partial charge in [-0.25, -0.2) is 0 Å². The maximum absolute atomic E-state index is 6.08. The number of rotatable bonds is 4. The Kier molecular flexibility index (Phi) is 5.63. The summed E-state index contributed by atoms with van der Waals surface area (Å²) in [5.41, 5.74) is 0. The van der Waals surface area contributed by atoms with E-state index in [-0.39, 0.29) is 6.23 Å². The lowest BCUT2D eigenvalue weighted by Crippen LogP contribution is -2.44. The molecular formula is C20H24Cl2N3O. The van der Waals surface area contributed by atoms with Crippen LogP contribution < -0.4 is 10.1 Å². The van der Waals surface area contributed by atoms with Crippen molar-refractivity contribution in [1.29, 1.82) is 0 Å². The molecule has 1 aliphatic carbocycles. The normalized spacial score (nSPS) is 24.5. The molecule has 6 heteroatoms. The standard InChI is InChI=1S/C20H24Cl2N3O/c21-17-9-8-16(14-18(17)22)26-20-7-2-6-19(23-20)25-11-3-10-24(12-13-25)15-4-1-5-15/h2,7-9,14-15,20,23H,1,3-5,10-13H2. The number of nitrogens with one attached hydrogen (secondary N) is 1. The van der Waals surface area contributed by atoms with Crippen LogP contribution in [0.25, 0.3) is 0 Å². The fourth-order valence-electron chi connectivity index (χ4n) is 3.67. The molecule has 1 unspecified atom stereocenters. The fraction of sp³-hybridized carbons (Fsp3) is 0.500. The molecule has 139 valence electrons. The zero-order valence-corrected chi connectivity index (χ0v) is 16.3. The first-order valence-electron chi connectivity index (χ1n) is 9.36. The number of nitrogens with zero attached hydrogens (tertiary/aromatic N) is 2. The molecule has 26 heavy (non-hydrogen) atoms. The lowest BCUT2D eigenvalue weighted by Gasteiger charge is -2.37. The smallest absolute Gasteiger partial charge is 0.190 e. The first-order chi connectivity index (χ1) is 12.7. The van der Waals surface area contributed by atoms with Crippen molar-refractivity contribution in [2.24, 2.45) is 0 Å². The van der Waals surface area contributed by atoms with E-state index in [0.717, 1.165) is 31.5 Å². The van der Waals surface area contributed by atoms with Gasteiger partial charge in [-0.05, 0) is 43.5 Å². The van der Waals surface area contributed by atoms with Crippen LogP contribution in [-0.4, -0.2) is 48.2 Å². The molecule has 1 saturated carbocycles. The number of halogens is 2. The monoisotopic (exact) mass is 392 g/mol. The summed E-state index contributed by atoms with van der Waals surface area (Å²) in [6.45, 7) is 4.40. The summed E-state index contributed by atoms with van der Waals surface area (Å²) in [5.74, 6) is 1.70. The van der Waals surface area contributed by atoms with E-state index < -0.39 is 0 Å². The molecule has 1 saturated heterocycles. The second kappa shape index (κ2) is 8.12. The van der Waals surface area contributed by atoms with E-state index >= 15 is 0 Å². The van der Waals surface area contributed by atoms with Gasteiger partial charge in [0.25, 0.3) is 0 Å². The number of allylic oxidation sites excluding steroid dienone is 2. The van der Waals surface area contributed by atoms with Crippen LogP contribution in [0.4, 0.5) is 0 Å². The van der Waals surface area contributed by atoms with Gasteiger partial charge in [-0.15, -0.1) is 0 Å². The van der Waals surface area contributed by atoms with E-state index in [1.165, 1.54) is 32.2 Å². The van der Waals surface area contributed by atoms with Gasteiger partial charge in [0, 0.05) is 44.4 Å². The molecule has 1 radical (unpaired) electrons. The Morgan fingerprint density at radius 1 is 1.04 bits per heavy atom. The van der Waals surface area contributed by atoms with Gasteiger partial charge >= 0.3 is 0 Å². The van der Waals surface area contributed by atoms with Crippen LogP contribution in [0.3, 0.4) is 0 Å². The first kappa shape index (κ1) is 18.0. The molecule has 0 amide bonds. The summed E-state index contributed by atoms with van der Waals surface area (Å²) in [6.07, 6.45) is 12.3. The Labute approximate surface area is 165 Å². The van der Waals surface area contributed by atoms with Gasteiger partial charge in [0.15, 0.2) is 6.23 Å². The van der Waals surface area contributed by atoms with Gasteiger partial charge in [-0.3, -0.25) is 4.90 Å². The van der Waals surface area contributed by atoms with Crippen molar-refractivity contribution in [3.8, 4) is 5.75 Å². The van der Waals surface area contributed by atoms with Crippen LogP contribution in [0.2, 0.25) is 10.0 Å². The molecule has 1 atom stereocenters. The molecular weight excluding hydrogens is 369 g/mol. The van der Waals surface area contributed by atoms with Crippen LogP contribution in [0, 0.1) is 6.08 Å². The summed E-state index contributed by atoms with van der Waals surface area (Å²) in [6, 6.07) is 6.13. The van der Waals surface area contributed by atoms with E-state index in [4.69, 9.17) is 27.9 Å². The van der Waals surface area contributed by atoms with Crippen molar-refractivity contribution in [3.05, 3.63) is 52.3 Å². The molecule has 3 aliphatic rings. The van der Waals surface area contributed by atoms with Crippen LogP contribution in [0.5, 0.6) is 5.75 Å². The molecule has 1 aromatic carbocycles. The summed E-state index contributed by atoms with van der Waals surface area (Å²) in [7, 11) is 0. The summed E-state index contributed by atoms with van der Waals surface area (Å²) in [4.78, 5) is 5.04. The van der Waals surface area contributed by atoms with Crippen LogP contribution in [-0.2, 0) is 0 Å². The van der Waals surface area contributed by atoms with Gasteiger partial charge < -0.3 is 15.0 Å². The highest BCUT2D eigenvalue weighted by atomic mass is 35.5. The van der Waals surface area contributed by atoms with Gasteiger partial charge in [-0.1, -0.05) is 29.6 Å². The third-order valence-corrected chi connectivity index (χ3v) is 6.10. The third kappa shape index (κ3) is 4.13. The Morgan fingerprint density at radius 3 is 2.69 bits per heavy atom. The summed E-state index contributed by atoms with van der Waals surface area (Å²) >= 11 is 12.0. The lowest BCUT2D eigenvalue weighted by atomic mass is 9.91. The molecule has 1 N–H and O–H groups in total. The minimum absolute atomic E-state index is 0.241. The highest BCUT2D eigenvalue weighted by molar-refractivity contribution is 6.42. The molecule has 2 heterocycles. The average molecular weight is 393 g/mol. The molecule has 0 aromatic heterocycles. The number of dihydropyridines is 1. The second-order valence-corrected chi connectivity index (χ2v) is 7.89. The maximum atomic E-state index is 6.08. The van der Waals surface area contributed by atoms with Crippen LogP contribution >= 0.6 is 23.2 Å². The average Bonchev–Trinajstić information content (AvgIpc) is 2.83. The number of ether oxygens (including phenoxy) is 1. The quantitative estimate of drug-likeness (QED) is 0.835. The molecule has 4 nitrogen and oxygen atoms in total. The zero-order valence-electron chi connectivity index (χ0n) is 14.8. The molecule has 2 aliphatic heterocycles. The largest absolute Gasteiger partial charge is 0.467 e. The summed E-state index contributed by atoms with van der Waals surface area (Å²) in [5, 5.41) is 4.46. The van der Waals surface area contributed by atoms with Gasteiger partial charge in [0.1, 0.15) is 11.6 Å². The Balaban J connectivity index is 1.35. The van der Waals surface area contributed by atoms with Crippen molar-refractivity contribution < 1.29 is 4.74 Å². The van der Waals surface area contributed by atoms with Crippen molar-refractivity contribution in [1.82, 2.24) is 15.1 Å². The molecule has 4 rings (SSSR count). The SMILES string of the molecule is Clc1ccc(OC2C=C[C]=C(N3CCCN(C4CCC4)CC3)N2)cc1Cl. The van der Waals surface area contributed by atoms with E-state index in [0.29, 0.717) is 15.8 Å². The Hall–Kier alpha value is -1.36. The fourth-order valence-corrected chi connectivity index (χ4v) is 3.95. The van der Waals surface area contributed by atoms with Crippen LogP contribution in [0.1, 0.15) is 25.7 Å². The van der Waals surface area contributed by atoms with Crippen molar-refractivity contribution in [2.45, 2.75) is 38.0 Å². The highest BCUT2D eigenvalue weighted by Gasteiger charge is 2.27. The highest BCUT2D eigenvalue weighted by Crippen LogP contribution is 2.28. The third-order valence-electron chi connectivity index (χ3n) is 5.36. The van der Waals surface area contributed by atoms with Crippen molar-refractivity contribution in [2.75, 3.05) is 26.2 Å². The summed E-state index contributed by atoms with van der Waals surface area (Å²) < 4.78 is 5.99. The predicted octanol–water partition coefficient (Wildman–Crippen LogP) is 4.06. The predicted molar refractivity (Wildman–Crippen MR) is 105 cm³/mol. The molecule has 1 aromatic rings. The minimum atomic E-state index is -0.241. The van der Waals surface area contributed by atoms with Gasteiger partial charge in [0.2, 0.25) is 0 Å². The van der Waals surface area contributed by atoms with Gasteiger partial charge in [-0.2, -0.15) is 0 Å². The van der Waals surface area contributed by atoms with E-state index in [1.54, 1.807) is 12.1 Å². The van der Waals surface area contributed by atoms with Crippen molar-refractivity contribution >= 4 is 23.2 Å². The number of hydrogen-bond donors (Lipinski definition) is 1. The molecule has 0 bridgehead atoms. The minimum Gasteiger partial charge on any atom is -0.467 e. The Morgan fingerprint density at radius 2 is 1.92 bits per heavy atom. The van der Waals surface area contributed by atoms with Gasteiger partial charge in [0.05, 0.1) is 10.0 Å². The zero-order chi connectivity index (χ0) is 17.9. The second-order valence-electron chi connectivity index (χ2n) is 7.07. The molecule has 2 fully saturated rings. The maximum Gasteiger partial charge on any atom is 0.190 e. The molecule has 0 spiro atoms. The van der Waals surface area contributed by atoms with Crippen LogP contribution in [0.15, 0.2) is 36.2 Å². The lowest BCUT2D eigenvalue weighted by molar-refractivity contribution is 0.131. The van der Waals surface area contributed by atoms with E-state index in [9.17, 15) is 0 Å².